The molecule has 0 aliphatic heterocycles. The molecular formula is C16H21F3N2O2. The predicted octanol–water partition coefficient (Wildman–Crippen LogP) is 3.02. The van der Waals surface area contributed by atoms with Gasteiger partial charge in [-0.3, -0.25) is 0 Å². The van der Waals surface area contributed by atoms with Gasteiger partial charge in [0.25, 0.3) is 0 Å². The van der Waals surface area contributed by atoms with Gasteiger partial charge in [-0.25, -0.2) is 18.0 Å². The molecule has 1 saturated carbocycles. The molecule has 0 spiro atoms. The van der Waals surface area contributed by atoms with Gasteiger partial charge in [-0.05, 0) is 36.5 Å². The minimum absolute atomic E-state index is 0.0314. The molecule has 1 aromatic carbocycles. The van der Waals surface area contributed by atoms with Crippen molar-refractivity contribution >= 4 is 6.03 Å². The number of aliphatic hydroxyl groups is 1. The van der Waals surface area contributed by atoms with E-state index in [2.05, 4.69) is 17.6 Å². The molecule has 3 atom stereocenters. The van der Waals surface area contributed by atoms with Crippen molar-refractivity contribution in [2.24, 2.45) is 5.92 Å². The molecule has 1 aliphatic carbocycles. The molecular weight excluding hydrogens is 309 g/mol. The van der Waals surface area contributed by atoms with Crippen LogP contribution in [0, 0.1) is 23.4 Å². The largest absolute Gasteiger partial charge is 0.394 e. The summed E-state index contributed by atoms with van der Waals surface area (Å²) >= 11 is 0. The zero-order valence-corrected chi connectivity index (χ0v) is 12.9. The number of hydrogen-bond donors (Lipinski definition) is 3. The summed E-state index contributed by atoms with van der Waals surface area (Å²) in [5, 5.41) is 14.6. The van der Waals surface area contributed by atoms with Crippen LogP contribution in [0.25, 0.3) is 0 Å². The van der Waals surface area contributed by atoms with Crippen LogP contribution in [0.5, 0.6) is 0 Å². The Balaban J connectivity index is 2.00. The number of rotatable bonds is 4. The van der Waals surface area contributed by atoms with Crippen LogP contribution >= 0.6 is 0 Å². The van der Waals surface area contributed by atoms with Gasteiger partial charge in [0.2, 0.25) is 0 Å². The third-order valence-corrected chi connectivity index (χ3v) is 4.17. The Morgan fingerprint density at radius 3 is 2.52 bits per heavy atom. The van der Waals surface area contributed by atoms with Crippen molar-refractivity contribution in [2.45, 2.75) is 44.7 Å². The molecule has 0 heterocycles. The zero-order chi connectivity index (χ0) is 17.0. The molecule has 3 N–H and O–H groups in total. The molecule has 1 aromatic rings. The Morgan fingerprint density at radius 2 is 1.96 bits per heavy atom. The highest BCUT2D eigenvalue weighted by molar-refractivity contribution is 5.74. The van der Waals surface area contributed by atoms with Crippen LogP contribution in [0.4, 0.5) is 18.0 Å². The Hall–Kier alpha value is -1.76. The van der Waals surface area contributed by atoms with E-state index in [0.717, 1.165) is 37.8 Å². The maximum Gasteiger partial charge on any atom is 0.315 e. The fraction of sp³-hybridized carbons (Fsp3) is 0.562. The number of benzene rings is 1. The highest BCUT2D eigenvalue weighted by atomic mass is 19.2. The molecule has 1 aliphatic rings. The maximum absolute atomic E-state index is 13.3. The predicted molar refractivity (Wildman–Crippen MR) is 79.2 cm³/mol. The molecule has 2 rings (SSSR count). The number of aliphatic hydroxyl groups excluding tert-OH is 1. The molecule has 0 aromatic heterocycles. The van der Waals surface area contributed by atoms with E-state index in [9.17, 15) is 23.1 Å². The lowest BCUT2D eigenvalue weighted by Crippen LogP contribution is -2.45. The van der Waals surface area contributed by atoms with Crippen LogP contribution in [0.2, 0.25) is 0 Å². The first kappa shape index (κ1) is 17.6. The van der Waals surface area contributed by atoms with Crippen molar-refractivity contribution < 1.29 is 23.1 Å². The van der Waals surface area contributed by atoms with Gasteiger partial charge in [-0.1, -0.05) is 19.8 Å². The van der Waals surface area contributed by atoms with Crippen molar-refractivity contribution in [3.8, 4) is 0 Å². The molecule has 3 unspecified atom stereocenters. The summed E-state index contributed by atoms with van der Waals surface area (Å²) in [6, 6.07) is 0.0403. The van der Waals surface area contributed by atoms with Gasteiger partial charge in [0, 0.05) is 6.04 Å². The van der Waals surface area contributed by atoms with Gasteiger partial charge in [0.15, 0.2) is 17.5 Å². The summed E-state index contributed by atoms with van der Waals surface area (Å²) in [6.45, 7) is 1.56. The summed E-state index contributed by atoms with van der Waals surface area (Å²) in [5.74, 6) is -3.77. The number of halogens is 3. The van der Waals surface area contributed by atoms with E-state index in [1.807, 2.05) is 0 Å². The quantitative estimate of drug-likeness (QED) is 0.743. The fourth-order valence-corrected chi connectivity index (χ4v) is 2.96. The zero-order valence-electron chi connectivity index (χ0n) is 12.9. The summed E-state index contributed by atoms with van der Waals surface area (Å²) in [6.07, 6.45) is 3.91. The van der Waals surface area contributed by atoms with E-state index in [1.54, 1.807) is 0 Å². The summed E-state index contributed by atoms with van der Waals surface area (Å²) in [4.78, 5) is 12.0. The van der Waals surface area contributed by atoms with E-state index in [4.69, 9.17) is 0 Å². The summed E-state index contributed by atoms with van der Waals surface area (Å²) < 4.78 is 39.5. The third kappa shape index (κ3) is 4.60. The molecule has 23 heavy (non-hydrogen) atoms. The Labute approximate surface area is 133 Å². The maximum atomic E-state index is 13.3. The van der Waals surface area contributed by atoms with E-state index < -0.39 is 36.1 Å². The minimum atomic E-state index is -1.58. The second-order valence-corrected chi connectivity index (χ2v) is 6.12. The normalized spacial score (nSPS) is 22.5. The molecule has 128 valence electrons. The average Bonchev–Trinajstić information content (AvgIpc) is 2.49. The Bertz CT molecular complexity index is 545. The number of amides is 2. The van der Waals surface area contributed by atoms with Gasteiger partial charge >= 0.3 is 6.03 Å². The first-order valence-corrected chi connectivity index (χ1v) is 7.73. The number of carbonyl (C=O) groups is 1. The second kappa shape index (κ2) is 7.68. The first-order chi connectivity index (χ1) is 10.9. The van der Waals surface area contributed by atoms with Gasteiger partial charge in [-0.2, -0.15) is 0 Å². The van der Waals surface area contributed by atoms with Crippen LogP contribution < -0.4 is 10.6 Å². The van der Waals surface area contributed by atoms with Crippen LogP contribution in [0.15, 0.2) is 12.1 Å². The van der Waals surface area contributed by atoms with Gasteiger partial charge in [-0.15, -0.1) is 0 Å². The lowest BCUT2D eigenvalue weighted by molar-refractivity contribution is 0.207. The lowest BCUT2D eigenvalue weighted by atomic mass is 9.87. The van der Waals surface area contributed by atoms with Gasteiger partial charge in [0.05, 0.1) is 12.6 Å². The van der Waals surface area contributed by atoms with Crippen LogP contribution in [-0.2, 0) is 0 Å². The highest BCUT2D eigenvalue weighted by Gasteiger charge is 2.23. The van der Waals surface area contributed by atoms with Crippen LogP contribution in [-0.4, -0.2) is 23.8 Å². The van der Waals surface area contributed by atoms with Crippen molar-refractivity contribution in [2.75, 3.05) is 6.61 Å². The molecule has 2 amide bonds. The highest BCUT2D eigenvalue weighted by Crippen LogP contribution is 2.24. The van der Waals surface area contributed by atoms with E-state index >= 15 is 0 Å². The smallest absolute Gasteiger partial charge is 0.315 e. The van der Waals surface area contributed by atoms with Crippen molar-refractivity contribution in [1.29, 1.82) is 0 Å². The molecule has 4 nitrogen and oxygen atoms in total. The number of urea groups is 1. The molecule has 0 saturated heterocycles. The standard InChI is InChI=1S/C16H21F3N2O2/c1-9-3-2-4-11(5-9)20-16(23)21-14(8-22)10-6-12(17)15(19)13(18)7-10/h6-7,9,11,14,22H,2-5,8H2,1H3,(H2,20,21,23). The minimum Gasteiger partial charge on any atom is -0.394 e. The van der Waals surface area contributed by atoms with Crippen LogP contribution in [0.3, 0.4) is 0 Å². The number of carbonyl (C=O) groups excluding carboxylic acids is 1. The van der Waals surface area contributed by atoms with Crippen LogP contribution in [0.1, 0.15) is 44.2 Å². The monoisotopic (exact) mass is 330 g/mol. The Morgan fingerprint density at radius 1 is 1.30 bits per heavy atom. The fourth-order valence-electron chi connectivity index (χ4n) is 2.96. The second-order valence-electron chi connectivity index (χ2n) is 6.12. The lowest BCUT2D eigenvalue weighted by Gasteiger charge is -2.28. The van der Waals surface area contributed by atoms with E-state index in [0.29, 0.717) is 5.92 Å². The van der Waals surface area contributed by atoms with Crippen molar-refractivity contribution in [3.63, 3.8) is 0 Å². The first-order valence-electron chi connectivity index (χ1n) is 7.73. The Kier molecular flexibility index (Phi) is 5.87. The van der Waals surface area contributed by atoms with Crippen molar-refractivity contribution in [3.05, 3.63) is 35.1 Å². The molecule has 1 fully saturated rings. The third-order valence-electron chi connectivity index (χ3n) is 4.17. The van der Waals surface area contributed by atoms with Gasteiger partial charge in [0.1, 0.15) is 0 Å². The molecule has 0 bridgehead atoms. The number of nitrogens with one attached hydrogen (secondary N) is 2. The summed E-state index contributed by atoms with van der Waals surface area (Å²) in [7, 11) is 0. The summed E-state index contributed by atoms with van der Waals surface area (Å²) in [5.41, 5.74) is -0.0314. The number of hydrogen-bond acceptors (Lipinski definition) is 2. The SMILES string of the molecule is CC1CCCC(NC(=O)NC(CO)c2cc(F)c(F)c(F)c2)C1. The van der Waals surface area contributed by atoms with E-state index in [-0.39, 0.29) is 11.6 Å². The topological polar surface area (TPSA) is 61.4 Å². The van der Waals surface area contributed by atoms with Gasteiger partial charge < -0.3 is 15.7 Å². The van der Waals surface area contributed by atoms with Crippen molar-refractivity contribution in [1.82, 2.24) is 10.6 Å². The molecule has 0 radical (unpaired) electrons. The molecule has 7 heteroatoms. The van der Waals surface area contributed by atoms with E-state index in [1.165, 1.54) is 0 Å². The average molecular weight is 330 g/mol.